The van der Waals surface area contributed by atoms with E-state index in [4.69, 9.17) is 5.11 Å². The maximum Gasteiger partial charge on any atom is 0.337 e. The second-order valence-electron chi connectivity index (χ2n) is 4.02. The van der Waals surface area contributed by atoms with Crippen LogP contribution in [0.25, 0.3) is 0 Å². The standard InChI is InChI=1S/C13H18N2O2/c1-4-5-6-7-15(3)12-10(2)8-11(9-14-12)13(16)17/h4,8-9H,1,5-7H2,2-3H3,(H,16,17). The summed E-state index contributed by atoms with van der Waals surface area (Å²) in [7, 11) is 1.96. The predicted octanol–water partition coefficient (Wildman–Crippen LogP) is 2.49. The first-order valence-corrected chi connectivity index (χ1v) is 5.58. The molecule has 0 aliphatic rings. The van der Waals surface area contributed by atoms with Gasteiger partial charge in [0.25, 0.3) is 0 Å². The van der Waals surface area contributed by atoms with E-state index in [0.29, 0.717) is 0 Å². The molecule has 92 valence electrons. The maximum absolute atomic E-state index is 10.8. The van der Waals surface area contributed by atoms with Crippen LogP contribution in [0.4, 0.5) is 5.82 Å². The van der Waals surface area contributed by atoms with Gasteiger partial charge in [0, 0.05) is 19.8 Å². The molecule has 1 aromatic rings. The summed E-state index contributed by atoms with van der Waals surface area (Å²) in [4.78, 5) is 17.0. The quantitative estimate of drug-likeness (QED) is 0.607. The van der Waals surface area contributed by atoms with Gasteiger partial charge < -0.3 is 10.0 Å². The number of nitrogens with zero attached hydrogens (tertiary/aromatic N) is 2. The number of carboxylic acid groups (broad SMARTS) is 1. The Kier molecular flexibility index (Phi) is 4.69. The van der Waals surface area contributed by atoms with Crippen molar-refractivity contribution in [1.82, 2.24) is 4.98 Å². The molecule has 0 fully saturated rings. The number of pyridine rings is 1. The topological polar surface area (TPSA) is 53.4 Å². The number of aromatic nitrogens is 1. The molecule has 0 unspecified atom stereocenters. The fraction of sp³-hybridized carbons (Fsp3) is 0.385. The summed E-state index contributed by atoms with van der Waals surface area (Å²) >= 11 is 0. The largest absolute Gasteiger partial charge is 0.478 e. The number of anilines is 1. The number of allylic oxidation sites excluding steroid dienone is 1. The van der Waals surface area contributed by atoms with E-state index in [1.165, 1.54) is 6.20 Å². The number of rotatable bonds is 6. The highest BCUT2D eigenvalue weighted by Crippen LogP contribution is 2.17. The van der Waals surface area contributed by atoms with Crippen molar-refractivity contribution in [3.8, 4) is 0 Å². The van der Waals surface area contributed by atoms with Crippen molar-refractivity contribution in [2.24, 2.45) is 0 Å². The lowest BCUT2D eigenvalue weighted by Gasteiger charge is -2.19. The molecule has 0 radical (unpaired) electrons. The van der Waals surface area contributed by atoms with E-state index in [1.807, 2.05) is 24.9 Å². The third kappa shape index (κ3) is 3.59. The lowest BCUT2D eigenvalue weighted by Crippen LogP contribution is -2.21. The van der Waals surface area contributed by atoms with Gasteiger partial charge in [-0.3, -0.25) is 0 Å². The third-order valence-electron chi connectivity index (χ3n) is 2.56. The van der Waals surface area contributed by atoms with E-state index >= 15 is 0 Å². The lowest BCUT2D eigenvalue weighted by molar-refractivity contribution is 0.0696. The minimum atomic E-state index is -0.943. The van der Waals surface area contributed by atoms with Gasteiger partial charge in [-0.25, -0.2) is 9.78 Å². The van der Waals surface area contributed by atoms with Crippen molar-refractivity contribution in [1.29, 1.82) is 0 Å². The van der Waals surface area contributed by atoms with Crippen molar-refractivity contribution in [2.75, 3.05) is 18.5 Å². The van der Waals surface area contributed by atoms with Crippen molar-refractivity contribution >= 4 is 11.8 Å². The summed E-state index contributed by atoms with van der Waals surface area (Å²) in [6, 6.07) is 1.65. The van der Waals surface area contributed by atoms with E-state index in [-0.39, 0.29) is 5.56 Å². The van der Waals surface area contributed by atoms with Crippen LogP contribution in [0.3, 0.4) is 0 Å². The summed E-state index contributed by atoms with van der Waals surface area (Å²) in [6.45, 7) is 6.43. The van der Waals surface area contributed by atoms with Crippen molar-refractivity contribution in [2.45, 2.75) is 19.8 Å². The molecule has 4 nitrogen and oxygen atoms in total. The molecule has 1 N–H and O–H groups in total. The van der Waals surface area contributed by atoms with Gasteiger partial charge in [0.05, 0.1) is 5.56 Å². The van der Waals surface area contributed by atoms with Crippen LogP contribution in [0.5, 0.6) is 0 Å². The highest BCUT2D eigenvalue weighted by atomic mass is 16.4. The third-order valence-corrected chi connectivity index (χ3v) is 2.56. The van der Waals surface area contributed by atoms with Crippen molar-refractivity contribution in [3.05, 3.63) is 36.0 Å². The molecule has 17 heavy (non-hydrogen) atoms. The molecule has 0 saturated heterocycles. The highest BCUT2D eigenvalue weighted by Gasteiger charge is 2.09. The van der Waals surface area contributed by atoms with E-state index in [9.17, 15) is 4.79 Å². The zero-order valence-electron chi connectivity index (χ0n) is 10.3. The molecule has 0 amide bonds. The first-order chi connectivity index (χ1) is 8.06. The fourth-order valence-electron chi connectivity index (χ4n) is 1.66. The Morgan fingerprint density at radius 2 is 2.35 bits per heavy atom. The first-order valence-electron chi connectivity index (χ1n) is 5.58. The number of aromatic carboxylic acids is 1. The summed E-state index contributed by atoms with van der Waals surface area (Å²) in [5, 5.41) is 8.85. The number of aryl methyl sites for hydroxylation is 1. The molecule has 0 saturated carbocycles. The zero-order valence-corrected chi connectivity index (χ0v) is 10.3. The van der Waals surface area contributed by atoms with Gasteiger partial charge in [0.15, 0.2) is 0 Å². The Morgan fingerprint density at radius 3 is 2.88 bits per heavy atom. The zero-order chi connectivity index (χ0) is 12.8. The van der Waals surface area contributed by atoms with E-state index in [2.05, 4.69) is 11.6 Å². The molecule has 0 aliphatic carbocycles. The Balaban J connectivity index is 2.77. The first kappa shape index (κ1) is 13.2. The van der Waals surface area contributed by atoms with Crippen molar-refractivity contribution in [3.63, 3.8) is 0 Å². The van der Waals surface area contributed by atoms with Gasteiger partial charge in [0.2, 0.25) is 0 Å². The number of carboxylic acids is 1. The number of hydrogen-bond acceptors (Lipinski definition) is 3. The number of carbonyl (C=O) groups is 1. The lowest BCUT2D eigenvalue weighted by atomic mass is 10.2. The summed E-state index contributed by atoms with van der Waals surface area (Å²) in [5.74, 6) is -0.111. The van der Waals surface area contributed by atoms with E-state index < -0.39 is 5.97 Å². The Bertz CT molecular complexity index is 416. The predicted molar refractivity (Wildman–Crippen MR) is 68.6 cm³/mol. The molecular formula is C13H18N2O2. The highest BCUT2D eigenvalue weighted by molar-refractivity contribution is 5.87. The van der Waals surface area contributed by atoms with Gasteiger partial charge >= 0.3 is 5.97 Å². The molecule has 0 bridgehead atoms. The summed E-state index contributed by atoms with van der Waals surface area (Å²) < 4.78 is 0. The average Bonchev–Trinajstić information content (AvgIpc) is 2.28. The molecule has 4 heteroatoms. The van der Waals surface area contributed by atoms with E-state index in [1.54, 1.807) is 6.07 Å². The molecule has 0 atom stereocenters. The van der Waals surface area contributed by atoms with Gasteiger partial charge in [-0.1, -0.05) is 6.08 Å². The maximum atomic E-state index is 10.8. The number of unbranched alkanes of at least 4 members (excludes halogenated alkanes) is 1. The van der Waals surface area contributed by atoms with Crippen LogP contribution in [-0.2, 0) is 0 Å². The molecule has 1 rings (SSSR count). The normalized spacial score (nSPS) is 10.0. The van der Waals surface area contributed by atoms with Crippen LogP contribution in [0, 0.1) is 6.92 Å². The van der Waals surface area contributed by atoms with Crippen LogP contribution in [0.1, 0.15) is 28.8 Å². The Hall–Kier alpha value is -1.84. The smallest absolute Gasteiger partial charge is 0.337 e. The van der Waals surface area contributed by atoms with Crippen LogP contribution < -0.4 is 4.90 Å². The second kappa shape index (κ2) is 6.03. The van der Waals surface area contributed by atoms with Gasteiger partial charge in [-0.15, -0.1) is 6.58 Å². The molecule has 0 aliphatic heterocycles. The summed E-state index contributed by atoms with van der Waals surface area (Å²) in [5.41, 5.74) is 1.11. The molecule has 1 heterocycles. The molecule has 0 aromatic carbocycles. The number of hydrogen-bond donors (Lipinski definition) is 1. The van der Waals surface area contributed by atoms with Crippen LogP contribution >= 0.6 is 0 Å². The minimum Gasteiger partial charge on any atom is -0.478 e. The summed E-state index contributed by atoms with van der Waals surface area (Å²) in [6.07, 6.45) is 5.27. The van der Waals surface area contributed by atoms with Crippen LogP contribution in [0.15, 0.2) is 24.9 Å². The Labute approximate surface area is 102 Å². The molecular weight excluding hydrogens is 216 g/mol. The SMILES string of the molecule is C=CCCCN(C)c1ncc(C(=O)O)cc1C. The van der Waals surface area contributed by atoms with Crippen molar-refractivity contribution < 1.29 is 9.90 Å². The van der Waals surface area contributed by atoms with Gasteiger partial charge in [-0.2, -0.15) is 0 Å². The van der Waals surface area contributed by atoms with Gasteiger partial charge in [-0.05, 0) is 31.4 Å². The van der Waals surface area contributed by atoms with Crippen LogP contribution in [-0.4, -0.2) is 29.7 Å². The Morgan fingerprint density at radius 1 is 1.65 bits per heavy atom. The fourth-order valence-corrected chi connectivity index (χ4v) is 1.66. The van der Waals surface area contributed by atoms with E-state index in [0.717, 1.165) is 30.8 Å². The second-order valence-corrected chi connectivity index (χ2v) is 4.02. The minimum absolute atomic E-state index is 0.228. The average molecular weight is 234 g/mol. The van der Waals surface area contributed by atoms with Crippen LogP contribution in [0.2, 0.25) is 0 Å². The monoisotopic (exact) mass is 234 g/mol. The molecule has 1 aromatic heterocycles. The molecule has 0 spiro atoms. The van der Waals surface area contributed by atoms with Gasteiger partial charge in [0.1, 0.15) is 5.82 Å².